The van der Waals surface area contributed by atoms with Crippen molar-refractivity contribution in [3.63, 3.8) is 0 Å². The molecular formula is C23H28N2O4. The Morgan fingerprint density at radius 2 is 1.90 bits per heavy atom. The van der Waals surface area contributed by atoms with Crippen LogP contribution in [-0.4, -0.2) is 45.9 Å². The summed E-state index contributed by atoms with van der Waals surface area (Å²) in [5.41, 5.74) is 2.76. The zero-order valence-electron chi connectivity index (χ0n) is 17.0. The van der Waals surface area contributed by atoms with Gasteiger partial charge >= 0.3 is 0 Å². The molecule has 1 N–H and O–H groups in total. The summed E-state index contributed by atoms with van der Waals surface area (Å²) < 4.78 is 16.4. The Hall–Kier alpha value is -2.99. The van der Waals surface area contributed by atoms with Gasteiger partial charge in [-0.3, -0.25) is 4.79 Å². The van der Waals surface area contributed by atoms with Crippen molar-refractivity contribution in [2.24, 2.45) is 0 Å². The van der Waals surface area contributed by atoms with Gasteiger partial charge in [-0.1, -0.05) is 13.0 Å². The first-order valence-electron chi connectivity index (χ1n) is 9.92. The minimum Gasteiger partial charge on any atom is -0.493 e. The zero-order chi connectivity index (χ0) is 20.5. The van der Waals surface area contributed by atoms with Gasteiger partial charge in [0.15, 0.2) is 11.5 Å². The number of nitrogens with zero attached hydrogens (tertiary/aromatic N) is 1. The van der Waals surface area contributed by atoms with Crippen LogP contribution in [-0.2, 0) is 9.53 Å². The maximum absolute atomic E-state index is 12.3. The first-order chi connectivity index (χ1) is 14.2. The molecule has 1 fully saturated rings. The van der Waals surface area contributed by atoms with Crippen LogP contribution in [0.2, 0.25) is 0 Å². The molecule has 0 atom stereocenters. The highest BCUT2D eigenvalue weighted by molar-refractivity contribution is 6.02. The van der Waals surface area contributed by atoms with Gasteiger partial charge < -0.3 is 24.4 Å². The average molecular weight is 396 g/mol. The monoisotopic (exact) mass is 396 g/mol. The summed E-state index contributed by atoms with van der Waals surface area (Å²) in [5, 5.41) is 2.89. The van der Waals surface area contributed by atoms with Crippen LogP contribution >= 0.6 is 0 Å². The number of rotatable bonds is 8. The molecule has 6 heteroatoms. The van der Waals surface area contributed by atoms with Gasteiger partial charge in [0, 0.05) is 30.5 Å². The van der Waals surface area contributed by atoms with E-state index in [4.69, 9.17) is 14.2 Å². The van der Waals surface area contributed by atoms with E-state index in [-0.39, 0.29) is 5.91 Å². The molecule has 0 spiro atoms. The second-order valence-corrected chi connectivity index (χ2v) is 6.73. The lowest BCUT2D eigenvalue weighted by Gasteiger charge is -2.28. The van der Waals surface area contributed by atoms with Crippen LogP contribution in [0, 0.1) is 0 Å². The summed E-state index contributed by atoms with van der Waals surface area (Å²) in [4.78, 5) is 14.5. The van der Waals surface area contributed by atoms with Crippen LogP contribution in [0.25, 0.3) is 6.08 Å². The Morgan fingerprint density at radius 1 is 1.14 bits per heavy atom. The standard InChI is InChI=1S/C23H28N2O4/c1-3-14-29-21-10-4-18(17-22(21)27-2)5-11-23(26)24-19-6-8-20(9-7-19)25-12-15-28-16-13-25/h4-11,17H,3,12-16H2,1-2H3,(H,24,26)/b11-5+. The van der Waals surface area contributed by atoms with Crippen molar-refractivity contribution in [2.45, 2.75) is 13.3 Å². The van der Waals surface area contributed by atoms with Crippen molar-refractivity contribution in [1.82, 2.24) is 0 Å². The molecule has 29 heavy (non-hydrogen) atoms. The van der Waals surface area contributed by atoms with Gasteiger partial charge in [-0.25, -0.2) is 0 Å². The maximum Gasteiger partial charge on any atom is 0.248 e. The van der Waals surface area contributed by atoms with Crippen molar-refractivity contribution in [3.8, 4) is 11.5 Å². The summed E-state index contributed by atoms with van der Waals surface area (Å²) in [6.07, 6.45) is 4.19. The number of hydrogen-bond donors (Lipinski definition) is 1. The predicted octanol–water partition coefficient (Wildman–Crippen LogP) is 3.97. The molecule has 154 valence electrons. The molecule has 0 saturated carbocycles. The minimum absolute atomic E-state index is 0.186. The highest BCUT2D eigenvalue weighted by atomic mass is 16.5. The van der Waals surface area contributed by atoms with Gasteiger partial charge in [0.25, 0.3) is 0 Å². The Morgan fingerprint density at radius 3 is 2.59 bits per heavy atom. The van der Waals surface area contributed by atoms with Crippen LogP contribution in [0.5, 0.6) is 11.5 Å². The lowest BCUT2D eigenvalue weighted by atomic mass is 10.2. The van der Waals surface area contributed by atoms with E-state index in [1.165, 1.54) is 6.08 Å². The number of anilines is 2. The Kier molecular flexibility index (Phi) is 7.53. The smallest absolute Gasteiger partial charge is 0.248 e. The highest BCUT2D eigenvalue weighted by Gasteiger charge is 2.11. The molecule has 0 aliphatic carbocycles. The molecule has 1 aliphatic rings. The molecule has 2 aromatic carbocycles. The Balaban J connectivity index is 1.57. The van der Waals surface area contributed by atoms with Crippen molar-refractivity contribution in [2.75, 3.05) is 50.2 Å². The van der Waals surface area contributed by atoms with Gasteiger partial charge in [0.05, 0.1) is 26.9 Å². The van der Waals surface area contributed by atoms with E-state index in [0.717, 1.165) is 49.7 Å². The number of nitrogens with one attached hydrogen (secondary N) is 1. The summed E-state index contributed by atoms with van der Waals surface area (Å²) in [6.45, 7) is 5.97. The molecule has 2 aromatic rings. The van der Waals surface area contributed by atoms with Gasteiger partial charge in [-0.05, 0) is 54.5 Å². The second-order valence-electron chi connectivity index (χ2n) is 6.73. The predicted molar refractivity (Wildman–Crippen MR) is 116 cm³/mol. The van der Waals surface area contributed by atoms with E-state index < -0.39 is 0 Å². The highest BCUT2D eigenvalue weighted by Crippen LogP contribution is 2.28. The van der Waals surface area contributed by atoms with E-state index >= 15 is 0 Å². The fourth-order valence-corrected chi connectivity index (χ4v) is 3.05. The quantitative estimate of drug-likeness (QED) is 0.684. The lowest BCUT2D eigenvalue weighted by Crippen LogP contribution is -2.36. The fourth-order valence-electron chi connectivity index (χ4n) is 3.05. The normalized spacial score (nSPS) is 14.1. The summed E-state index contributed by atoms with van der Waals surface area (Å²) >= 11 is 0. The molecule has 1 heterocycles. The van der Waals surface area contributed by atoms with Crippen molar-refractivity contribution < 1.29 is 19.0 Å². The number of amides is 1. The molecule has 3 rings (SSSR count). The SMILES string of the molecule is CCCOc1ccc(/C=C/C(=O)Nc2ccc(N3CCOCC3)cc2)cc1OC. The molecule has 0 unspecified atom stereocenters. The number of benzene rings is 2. The Bertz CT molecular complexity index is 827. The largest absolute Gasteiger partial charge is 0.493 e. The molecule has 1 amide bonds. The topological polar surface area (TPSA) is 60.0 Å². The molecule has 1 aliphatic heterocycles. The van der Waals surface area contributed by atoms with Crippen LogP contribution < -0.4 is 19.7 Å². The van der Waals surface area contributed by atoms with Crippen LogP contribution in [0.3, 0.4) is 0 Å². The van der Waals surface area contributed by atoms with Crippen molar-refractivity contribution >= 4 is 23.4 Å². The third kappa shape index (κ3) is 5.99. The fraction of sp³-hybridized carbons (Fsp3) is 0.348. The van der Waals surface area contributed by atoms with E-state index in [2.05, 4.69) is 17.1 Å². The van der Waals surface area contributed by atoms with E-state index in [1.807, 2.05) is 42.5 Å². The van der Waals surface area contributed by atoms with Gasteiger partial charge in [-0.15, -0.1) is 0 Å². The number of morpholine rings is 1. The third-order valence-electron chi connectivity index (χ3n) is 4.59. The molecule has 0 aromatic heterocycles. The van der Waals surface area contributed by atoms with Crippen LogP contribution in [0.4, 0.5) is 11.4 Å². The number of ether oxygens (including phenoxy) is 3. The summed E-state index contributed by atoms with van der Waals surface area (Å²) in [7, 11) is 1.61. The number of methoxy groups -OCH3 is 1. The molecular weight excluding hydrogens is 368 g/mol. The second kappa shape index (κ2) is 10.5. The molecule has 0 bridgehead atoms. The van der Waals surface area contributed by atoms with Crippen LogP contribution in [0.15, 0.2) is 48.5 Å². The Labute approximate surface area is 172 Å². The maximum atomic E-state index is 12.3. The van der Waals surface area contributed by atoms with Crippen LogP contribution in [0.1, 0.15) is 18.9 Å². The van der Waals surface area contributed by atoms with Gasteiger partial charge in [0.2, 0.25) is 5.91 Å². The zero-order valence-corrected chi connectivity index (χ0v) is 17.0. The third-order valence-corrected chi connectivity index (χ3v) is 4.59. The van der Waals surface area contributed by atoms with E-state index in [0.29, 0.717) is 18.1 Å². The van der Waals surface area contributed by atoms with E-state index in [1.54, 1.807) is 13.2 Å². The summed E-state index contributed by atoms with van der Waals surface area (Å²) in [5.74, 6) is 1.17. The molecule has 1 saturated heterocycles. The van der Waals surface area contributed by atoms with Gasteiger partial charge in [-0.2, -0.15) is 0 Å². The minimum atomic E-state index is -0.186. The first kappa shape index (κ1) is 20.7. The van der Waals surface area contributed by atoms with E-state index in [9.17, 15) is 4.79 Å². The molecule has 0 radical (unpaired) electrons. The lowest BCUT2D eigenvalue weighted by molar-refractivity contribution is -0.111. The average Bonchev–Trinajstić information content (AvgIpc) is 2.77. The molecule has 6 nitrogen and oxygen atoms in total. The first-order valence-corrected chi connectivity index (χ1v) is 9.92. The number of hydrogen-bond acceptors (Lipinski definition) is 5. The number of carbonyl (C=O) groups excluding carboxylic acids is 1. The van der Waals surface area contributed by atoms with Crippen molar-refractivity contribution in [1.29, 1.82) is 0 Å². The van der Waals surface area contributed by atoms with Crippen molar-refractivity contribution in [3.05, 3.63) is 54.1 Å². The summed E-state index contributed by atoms with van der Waals surface area (Å²) in [6, 6.07) is 13.5. The van der Waals surface area contributed by atoms with Gasteiger partial charge in [0.1, 0.15) is 0 Å². The number of carbonyl (C=O) groups is 1.